The molecule has 0 amide bonds. The molecule has 27 heavy (non-hydrogen) atoms. The molecule has 1 saturated heterocycles. The van der Waals surface area contributed by atoms with Crippen LogP contribution in [0.4, 0.5) is 0 Å². The SMILES string of the molecule is [2H]C1([2H])CCC2(C1)C[C@](CCCCc1sccc1OC)(c1ccccn1)CCO2. The summed E-state index contributed by atoms with van der Waals surface area (Å²) >= 11 is 1.77. The minimum atomic E-state index is -1.11. The predicted molar refractivity (Wildman–Crippen MR) is 111 cm³/mol. The lowest BCUT2D eigenvalue weighted by Gasteiger charge is -2.46. The van der Waals surface area contributed by atoms with Crippen LogP contribution in [-0.4, -0.2) is 24.3 Å². The summed E-state index contributed by atoms with van der Waals surface area (Å²) < 4.78 is 28.2. The van der Waals surface area contributed by atoms with Crippen molar-refractivity contribution in [1.29, 1.82) is 0 Å². The maximum atomic E-state index is 8.23. The van der Waals surface area contributed by atoms with Crippen molar-refractivity contribution in [1.82, 2.24) is 4.98 Å². The molecule has 146 valence electrons. The van der Waals surface area contributed by atoms with Gasteiger partial charge >= 0.3 is 0 Å². The smallest absolute Gasteiger partial charge is 0.132 e. The van der Waals surface area contributed by atoms with E-state index < -0.39 is 6.37 Å². The van der Waals surface area contributed by atoms with E-state index in [-0.39, 0.29) is 11.0 Å². The van der Waals surface area contributed by atoms with Crippen molar-refractivity contribution in [2.75, 3.05) is 13.7 Å². The van der Waals surface area contributed by atoms with Crippen molar-refractivity contribution in [3.63, 3.8) is 0 Å². The van der Waals surface area contributed by atoms with Crippen LogP contribution < -0.4 is 4.74 Å². The first kappa shape index (κ1) is 16.6. The second-order valence-electron chi connectivity index (χ2n) is 8.00. The molecule has 3 nitrogen and oxygen atoms in total. The fraction of sp³-hybridized carbons (Fsp3) is 0.609. The molecule has 3 heterocycles. The van der Waals surface area contributed by atoms with Gasteiger partial charge in [0, 0.05) is 31.5 Å². The lowest BCUT2D eigenvalue weighted by Crippen LogP contribution is -2.46. The summed E-state index contributed by atoms with van der Waals surface area (Å²) in [7, 11) is 1.74. The van der Waals surface area contributed by atoms with Gasteiger partial charge in [-0.15, -0.1) is 11.3 Å². The lowest BCUT2D eigenvalue weighted by atomic mass is 9.67. The van der Waals surface area contributed by atoms with Crippen LogP contribution >= 0.6 is 11.3 Å². The van der Waals surface area contributed by atoms with Crippen molar-refractivity contribution in [2.24, 2.45) is 0 Å². The van der Waals surface area contributed by atoms with Crippen LogP contribution in [0.1, 0.15) is 71.1 Å². The number of pyridine rings is 1. The number of unbranched alkanes of at least 4 members (excludes halogenated alkanes) is 1. The number of thiophene rings is 1. The van der Waals surface area contributed by atoms with E-state index in [1.165, 1.54) is 4.88 Å². The predicted octanol–water partition coefficient (Wildman–Crippen LogP) is 5.93. The molecule has 1 spiro atoms. The number of aromatic nitrogens is 1. The number of rotatable bonds is 7. The highest BCUT2D eigenvalue weighted by Crippen LogP contribution is 2.50. The zero-order valence-electron chi connectivity index (χ0n) is 18.2. The Balaban J connectivity index is 1.48. The zero-order chi connectivity index (χ0) is 20.4. The third-order valence-electron chi connectivity index (χ3n) is 6.30. The molecule has 0 aromatic carbocycles. The molecular weight excluding hydrogens is 354 g/mol. The average molecular weight is 388 g/mol. The Labute approximate surface area is 169 Å². The molecule has 4 rings (SSSR count). The number of ether oxygens (including phenoxy) is 2. The topological polar surface area (TPSA) is 31.4 Å². The number of aryl methyl sites for hydroxylation is 1. The molecule has 1 aliphatic heterocycles. The first-order valence-corrected chi connectivity index (χ1v) is 11.0. The number of hydrogen-bond donors (Lipinski definition) is 0. The van der Waals surface area contributed by atoms with E-state index in [1.807, 2.05) is 18.3 Å². The van der Waals surface area contributed by atoms with Gasteiger partial charge in [0.2, 0.25) is 0 Å². The maximum absolute atomic E-state index is 8.23. The largest absolute Gasteiger partial charge is 0.496 e. The van der Waals surface area contributed by atoms with Gasteiger partial charge in [0.05, 0.1) is 12.7 Å². The van der Waals surface area contributed by atoms with Crippen molar-refractivity contribution >= 4 is 11.3 Å². The summed E-state index contributed by atoms with van der Waals surface area (Å²) in [5.41, 5.74) is 0.819. The maximum Gasteiger partial charge on any atom is 0.132 e. The summed E-state index contributed by atoms with van der Waals surface area (Å²) in [5.74, 6) is 1.01. The van der Waals surface area contributed by atoms with Gasteiger partial charge in [-0.2, -0.15) is 0 Å². The van der Waals surface area contributed by atoms with E-state index >= 15 is 0 Å². The van der Waals surface area contributed by atoms with E-state index in [4.69, 9.17) is 17.2 Å². The average Bonchev–Trinajstić information content (AvgIpc) is 3.29. The van der Waals surface area contributed by atoms with Gasteiger partial charge in [-0.1, -0.05) is 25.3 Å². The van der Waals surface area contributed by atoms with Crippen molar-refractivity contribution in [2.45, 2.75) is 75.2 Å². The van der Waals surface area contributed by atoms with Crippen LogP contribution in [0, 0.1) is 0 Å². The summed E-state index contributed by atoms with van der Waals surface area (Å²) in [6.07, 6.45) is 8.95. The molecule has 0 radical (unpaired) electrons. The molecule has 2 aliphatic rings. The van der Waals surface area contributed by atoms with Gasteiger partial charge in [-0.25, -0.2) is 0 Å². The van der Waals surface area contributed by atoms with E-state index in [1.54, 1.807) is 18.4 Å². The van der Waals surface area contributed by atoms with E-state index in [9.17, 15) is 0 Å². The minimum Gasteiger partial charge on any atom is -0.496 e. The second kappa shape index (κ2) is 8.32. The molecule has 0 bridgehead atoms. The van der Waals surface area contributed by atoms with Crippen LogP contribution in [0.2, 0.25) is 0 Å². The number of methoxy groups -OCH3 is 1. The van der Waals surface area contributed by atoms with Crippen LogP contribution in [-0.2, 0) is 16.6 Å². The van der Waals surface area contributed by atoms with E-state index in [0.717, 1.165) is 56.4 Å². The van der Waals surface area contributed by atoms with Crippen LogP contribution in [0.3, 0.4) is 0 Å². The summed E-state index contributed by atoms with van der Waals surface area (Å²) in [4.78, 5) is 6.08. The minimum absolute atomic E-state index is 0.0144. The van der Waals surface area contributed by atoms with E-state index in [2.05, 4.69) is 17.5 Å². The van der Waals surface area contributed by atoms with Crippen molar-refractivity contribution < 1.29 is 12.2 Å². The molecule has 1 saturated carbocycles. The summed E-state index contributed by atoms with van der Waals surface area (Å²) in [6, 6.07) is 8.26. The Kier molecular flexibility index (Phi) is 5.10. The van der Waals surface area contributed by atoms with Crippen LogP contribution in [0.5, 0.6) is 5.75 Å². The molecule has 2 aromatic rings. The monoisotopic (exact) mass is 387 g/mol. The summed E-state index contributed by atoms with van der Waals surface area (Å²) in [6.45, 7) is 0.700. The first-order chi connectivity index (χ1) is 14.0. The highest BCUT2D eigenvalue weighted by molar-refractivity contribution is 7.10. The number of hydrogen-bond acceptors (Lipinski definition) is 4. The molecule has 2 aromatic heterocycles. The molecule has 2 fully saturated rings. The third-order valence-corrected chi connectivity index (χ3v) is 7.26. The fourth-order valence-electron chi connectivity index (χ4n) is 4.89. The Morgan fingerprint density at radius 3 is 3.00 bits per heavy atom. The van der Waals surface area contributed by atoms with Gasteiger partial charge in [-0.05, 0) is 68.5 Å². The first-order valence-electron chi connectivity index (χ1n) is 11.1. The fourth-order valence-corrected chi connectivity index (χ4v) is 5.78. The Hall–Kier alpha value is -1.39. The highest BCUT2D eigenvalue weighted by atomic mass is 32.1. The quantitative estimate of drug-likeness (QED) is 0.552. The van der Waals surface area contributed by atoms with Gasteiger partial charge in [0.25, 0.3) is 0 Å². The summed E-state index contributed by atoms with van der Waals surface area (Å²) in [5, 5.41) is 2.10. The van der Waals surface area contributed by atoms with Crippen molar-refractivity contribution in [3.05, 3.63) is 46.4 Å². The van der Waals surface area contributed by atoms with Gasteiger partial charge in [0.1, 0.15) is 5.75 Å². The lowest BCUT2D eigenvalue weighted by molar-refractivity contribution is -0.104. The Bertz CT molecular complexity index is 812. The molecule has 0 N–H and O–H groups in total. The van der Waals surface area contributed by atoms with Gasteiger partial charge in [0.15, 0.2) is 0 Å². The standard InChI is InChI=1S/C23H31NO2S/c1-25-19-10-17-27-20(19)8-2-4-11-22(21-9-3-7-15-24-21)14-16-26-23(18-22)12-5-6-13-23/h3,7,9-10,15,17H,2,4-6,8,11-14,16,18H2,1H3/t22-/m1/s1/i5D2/t22-,23?. The normalized spacial score (nSPS) is 30.9. The molecule has 1 aliphatic carbocycles. The molecule has 4 heteroatoms. The Morgan fingerprint density at radius 1 is 1.26 bits per heavy atom. The molecular formula is C23H31NO2S. The van der Waals surface area contributed by atoms with E-state index in [0.29, 0.717) is 19.4 Å². The van der Waals surface area contributed by atoms with Crippen molar-refractivity contribution in [3.8, 4) is 5.75 Å². The Morgan fingerprint density at radius 2 is 2.22 bits per heavy atom. The second-order valence-corrected chi connectivity index (χ2v) is 9.00. The van der Waals surface area contributed by atoms with Gasteiger partial charge < -0.3 is 9.47 Å². The van der Waals surface area contributed by atoms with Gasteiger partial charge in [-0.3, -0.25) is 4.98 Å². The molecule has 2 atom stereocenters. The number of nitrogens with zero attached hydrogens (tertiary/aromatic N) is 1. The van der Waals surface area contributed by atoms with Crippen LogP contribution in [0.15, 0.2) is 35.8 Å². The van der Waals surface area contributed by atoms with Crippen LogP contribution in [0.25, 0.3) is 0 Å². The highest BCUT2D eigenvalue weighted by Gasteiger charge is 2.48. The molecule has 1 unspecified atom stereocenters. The zero-order valence-corrected chi connectivity index (χ0v) is 17.0. The third kappa shape index (κ3) is 4.07.